The van der Waals surface area contributed by atoms with E-state index in [1.807, 2.05) is 0 Å². The summed E-state index contributed by atoms with van der Waals surface area (Å²) in [5.74, 6) is 0.932. The fourth-order valence-electron chi connectivity index (χ4n) is 1.64. The zero-order valence-corrected chi connectivity index (χ0v) is 11.8. The Bertz CT molecular complexity index is 678. The van der Waals surface area contributed by atoms with E-state index in [-0.39, 0.29) is 18.0 Å². The second kappa shape index (κ2) is 6.27. The lowest BCUT2D eigenvalue weighted by molar-refractivity contribution is -0.385. The van der Waals surface area contributed by atoms with Crippen LogP contribution in [0.1, 0.15) is 5.69 Å². The molecule has 0 saturated heterocycles. The number of hydrogen-bond donors (Lipinski definition) is 1. The number of nitrogens with zero attached hydrogens (tertiary/aromatic N) is 2. The van der Waals surface area contributed by atoms with Crippen molar-refractivity contribution in [2.75, 3.05) is 12.8 Å². The predicted octanol–water partition coefficient (Wildman–Crippen LogP) is 2.81. The number of ether oxygens (including phenoxy) is 2. The van der Waals surface area contributed by atoms with Crippen molar-refractivity contribution in [2.24, 2.45) is 0 Å². The molecule has 0 bridgehead atoms. The van der Waals surface area contributed by atoms with Gasteiger partial charge in [-0.15, -0.1) is 0 Å². The smallest absolute Gasteiger partial charge is 0.273 e. The lowest BCUT2D eigenvalue weighted by atomic mass is 10.3. The number of aromatic nitrogens is 1. The van der Waals surface area contributed by atoms with Gasteiger partial charge in [0, 0.05) is 6.07 Å². The molecule has 0 fully saturated rings. The number of nitro groups is 1. The number of non-ortho nitro benzene ring substituents is 1. The average molecular weight is 310 g/mol. The van der Waals surface area contributed by atoms with Gasteiger partial charge in [-0.3, -0.25) is 10.1 Å². The summed E-state index contributed by atoms with van der Waals surface area (Å²) in [6.07, 6.45) is 0. The van der Waals surface area contributed by atoms with Crippen molar-refractivity contribution >= 4 is 23.1 Å². The zero-order valence-electron chi connectivity index (χ0n) is 11.1. The van der Waals surface area contributed by atoms with Gasteiger partial charge in [-0.1, -0.05) is 11.6 Å². The number of nitrogens with two attached hydrogens (primary N) is 1. The number of pyridine rings is 1. The molecule has 2 rings (SSSR count). The zero-order chi connectivity index (χ0) is 15.4. The first-order chi connectivity index (χ1) is 10.0. The Balaban J connectivity index is 2.19. The predicted molar refractivity (Wildman–Crippen MR) is 77.6 cm³/mol. The third-order valence-electron chi connectivity index (χ3n) is 2.66. The first-order valence-electron chi connectivity index (χ1n) is 5.87. The van der Waals surface area contributed by atoms with Crippen molar-refractivity contribution < 1.29 is 14.4 Å². The molecule has 1 aromatic carbocycles. The molecule has 7 nitrogen and oxygen atoms in total. The number of halogens is 1. The Kier molecular flexibility index (Phi) is 4.44. The summed E-state index contributed by atoms with van der Waals surface area (Å²) in [5, 5.41) is 11.1. The molecule has 1 heterocycles. The summed E-state index contributed by atoms with van der Waals surface area (Å²) in [7, 11) is 1.40. The van der Waals surface area contributed by atoms with Crippen LogP contribution in [0.2, 0.25) is 5.02 Å². The first kappa shape index (κ1) is 14.9. The maximum absolute atomic E-state index is 10.7. The average Bonchev–Trinajstić information content (AvgIpc) is 2.47. The van der Waals surface area contributed by atoms with Crippen LogP contribution < -0.4 is 15.2 Å². The minimum Gasteiger partial charge on any atom is -0.493 e. The van der Waals surface area contributed by atoms with Gasteiger partial charge in [-0.25, -0.2) is 4.98 Å². The molecule has 2 N–H and O–H groups in total. The SMILES string of the molecule is COc1cc([N+](=O)[O-])ccc1OCc1nc(N)ccc1Cl. The van der Waals surface area contributed by atoms with Crippen LogP contribution in [0.3, 0.4) is 0 Å². The largest absolute Gasteiger partial charge is 0.493 e. The van der Waals surface area contributed by atoms with Gasteiger partial charge in [0.25, 0.3) is 5.69 Å². The summed E-state index contributed by atoms with van der Waals surface area (Å²) in [5.41, 5.74) is 5.97. The highest BCUT2D eigenvalue weighted by molar-refractivity contribution is 6.31. The maximum atomic E-state index is 10.7. The molecule has 0 spiro atoms. The van der Waals surface area contributed by atoms with Crippen LogP contribution in [0.5, 0.6) is 11.5 Å². The van der Waals surface area contributed by atoms with E-state index < -0.39 is 4.92 Å². The maximum Gasteiger partial charge on any atom is 0.273 e. The fourth-order valence-corrected chi connectivity index (χ4v) is 1.80. The topological polar surface area (TPSA) is 101 Å². The van der Waals surface area contributed by atoms with E-state index in [1.165, 1.54) is 25.3 Å². The number of rotatable bonds is 5. The number of methoxy groups -OCH3 is 1. The summed E-state index contributed by atoms with van der Waals surface area (Å²) >= 11 is 5.98. The quantitative estimate of drug-likeness (QED) is 0.673. The Morgan fingerprint density at radius 3 is 2.76 bits per heavy atom. The molecule has 2 aromatic rings. The third kappa shape index (κ3) is 3.51. The molecule has 110 valence electrons. The van der Waals surface area contributed by atoms with E-state index >= 15 is 0 Å². The van der Waals surface area contributed by atoms with Crippen LogP contribution in [0.4, 0.5) is 11.5 Å². The summed E-state index contributed by atoms with van der Waals surface area (Å²) < 4.78 is 10.6. The summed E-state index contributed by atoms with van der Waals surface area (Å²) in [6.45, 7) is 0.0675. The van der Waals surface area contributed by atoms with Crippen LogP contribution in [-0.4, -0.2) is 17.0 Å². The first-order valence-corrected chi connectivity index (χ1v) is 6.25. The van der Waals surface area contributed by atoms with Crippen LogP contribution in [-0.2, 0) is 6.61 Å². The van der Waals surface area contributed by atoms with Gasteiger partial charge >= 0.3 is 0 Å². The number of nitro benzene ring substituents is 1. The van der Waals surface area contributed by atoms with E-state index in [4.69, 9.17) is 26.8 Å². The van der Waals surface area contributed by atoms with Crippen molar-refractivity contribution in [3.63, 3.8) is 0 Å². The second-order valence-electron chi connectivity index (χ2n) is 4.05. The van der Waals surface area contributed by atoms with Crippen LogP contribution in [0.15, 0.2) is 30.3 Å². The highest BCUT2D eigenvalue weighted by Crippen LogP contribution is 2.32. The molecule has 0 aliphatic rings. The summed E-state index contributed by atoms with van der Waals surface area (Å²) in [4.78, 5) is 14.3. The standard InChI is InChI=1S/C13H12ClN3O4/c1-20-12-6-8(17(18)19)2-4-11(12)21-7-10-9(14)3-5-13(15)16-10/h2-6H,7H2,1H3,(H2,15,16). The number of anilines is 1. The van der Waals surface area contributed by atoms with Gasteiger partial charge in [0.05, 0.1) is 28.8 Å². The van der Waals surface area contributed by atoms with E-state index in [0.29, 0.717) is 22.3 Å². The molecule has 1 aromatic heterocycles. The minimum atomic E-state index is -0.511. The Hall–Kier alpha value is -2.54. The molecule has 8 heteroatoms. The summed E-state index contributed by atoms with van der Waals surface area (Å²) in [6, 6.07) is 7.26. The van der Waals surface area contributed by atoms with Crippen molar-refractivity contribution in [3.8, 4) is 11.5 Å². The lowest BCUT2D eigenvalue weighted by Crippen LogP contribution is -2.03. The molecular weight excluding hydrogens is 298 g/mol. The fraction of sp³-hybridized carbons (Fsp3) is 0.154. The van der Waals surface area contributed by atoms with Gasteiger partial charge in [0.1, 0.15) is 12.4 Å². The number of nitrogen functional groups attached to an aromatic ring is 1. The van der Waals surface area contributed by atoms with E-state index in [2.05, 4.69) is 4.98 Å². The van der Waals surface area contributed by atoms with E-state index in [0.717, 1.165) is 0 Å². The van der Waals surface area contributed by atoms with Gasteiger partial charge < -0.3 is 15.2 Å². The van der Waals surface area contributed by atoms with Crippen molar-refractivity contribution in [3.05, 3.63) is 51.2 Å². The van der Waals surface area contributed by atoms with E-state index in [9.17, 15) is 10.1 Å². The second-order valence-corrected chi connectivity index (χ2v) is 4.45. The monoisotopic (exact) mass is 309 g/mol. The molecule has 0 saturated carbocycles. The third-order valence-corrected chi connectivity index (χ3v) is 3.01. The number of benzene rings is 1. The van der Waals surface area contributed by atoms with E-state index in [1.54, 1.807) is 12.1 Å². The molecule has 0 unspecified atom stereocenters. The normalized spacial score (nSPS) is 10.2. The molecule has 0 amide bonds. The highest BCUT2D eigenvalue weighted by atomic mass is 35.5. The van der Waals surface area contributed by atoms with Crippen LogP contribution in [0.25, 0.3) is 0 Å². The van der Waals surface area contributed by atoms with Crippen molar-refractivity contribution in [1.29, 1.82) is 0 Å². The molecule has 0 aliphatic carbocycles. The Morgan fingerprint density at radius 1 is 1.33 bits per heavy atom. The van der Waals surface area contributed by atoms with Crippen LogP contribution in [0, 0.1) is 10.1 Å². The molecule has 0 atom stereocenters. The van der Waals surface area contributed by atoms with Gasteiger partial charge in [0.2, 0.25) is 0 Å². The molecule has 0 aliphatic heterocycles. The lowest BCUT2D eigenvalue weighted by Gasteiger charge is -2.11. The van der Waals surface area contributed by atoms with Gasteiger partial charge in [0.15, 0.2) is 11.5 Å². The molecule has 0 radical (unpaired) electrons. The van der Waals surface area contributed by atoms with Crippen molar-refractivity contribution in [2.45, 2.75) is 6.61 Å². The van der Waals surface area contributed by atoms with Gasteiger partial charge in [-0.05, 0) is 18.2 Å². The van der Waals surface area contributed by atoms with Gasteiger partial charge in [-0.2, -0.15) is 0 Å². The highest BCUT2D eigenvalue weighted by Gasteiger charge is 2.13. The van der Waals surface area contributed by atoms with Crippen LogP contribution >= 0.6 is 11.6 Å². The number of hydrogen-bond acceptors (Lipinski definition) is 6. The van der Waals surface area contributed by atoms with Crippen molar-refractivity contribution in [1.82, 2.24) is 4.98 Å². The molecule has 21 heavy (non-hydrogen) atoms. The Morgan fingerprint density at radius 2 is 2.10 bits per heavy atom. The minimum absolute atomic E-state index is 0.0675. The molecular formula is C13H12ClN3O4. The Labute approximate surface area is 125 Å².